The van der Waals surface area contributed by atoms with Crippen molar-refractivity contribution in [2.45, 2.75) is 42.8 Å². The SMILES string of the molecule is CC(C[C@@]1(n2cnc3c(N)ncnc32)O[C@H](CO)[C@@H](O)[C@H]1O)(c1ccccc1)c1ccccc1. The molecule has 34 heavy (non-hydrogen) atoms. The predicted molar refractivity (Wildman–Crippen MR) is 126 cm³/mol. The molecule has 2 aromatic carbocycles. The number of benzene rings is 2. The number of rotatable bonds is 6. The van der Waals surface area contributed by atoms with Crippen molar-refractivity contribution in [3.05, 3.63) is 84.4 Å². The number of nitrogen functional groups attached to an aromatic ring is 1. The molecule has 1 fully saturated rings. The van der Waals surface area contributed by atoms with Crippen molar-refractivity contribution in [1.82, 2.24) is 19.5 Å². The van der Waals surface area contributed by atoms with Gasteiger partial charge in [0.1, 0.15) is 30.2 Å². The summed E-state index contributed by atoms with van der Waals surface area (Å²) < 4.78 is 7.93. The van der Waals surface area contributed by atoms with E-state index in [1.807, 2.05) is 60.7 Å². The molecule has 0 spiro atoms. The van der Waals surface area contributed by atoms with Crippen LogP contribution in [-0.2, 0) is 15.9 Å². The Morgan fingerprint density at radius 1 is 1.00 bits per heavy atom. The first-order valence-corrected chi connectivity index (χ1v) is 11.1. The highest BCUT2D eigenvalue weighted by Crippen LogP contribution is 2.48. The highest BCUT2D eigenvalue weighted by Gasteiger charge is 2.58. The highest BCUT2D eigenvalue weighted by atomic mass is 16.6. The average molecular weight is 462 g/mol. The summed E-state index contributed by atoms with van der Waals surface area (Å²) in [6.45, 7) is 1.60. The fourth-order valence-electron chi connectivity index (χ4n) is 5.07. The van der Waals surface area contributed by atoms with Crippen LogP contribution in [0, 0.1) is 0 Å². The van der Waals surface area contributed by atoms with Crippen LogP contribution in [0.15, 0.2) is 73.3 Å². The number of ether oxygens (including phenoxy) is 1. The number of imidazole rings is 1. The quantitative estimate of drug-likeness (QED) is 0.339. The Labute approximate surface area is 196 Å². The Morgan fingerprint density at radius 2 is 1.62 bits per heavy atom. The van der Waals surface area contributed by atoms with E-state index in [0.29, 0.717) is 11.2 Å². The second kappa shape index (κ2) is 8.44. The van der Waals surface area contributed by atoms with Gasteiger partial charge in [-0.05, 0) is 11.1 Å². The fourth-order valence-corrected chi connectivity index (χ4v) is 5.07. The maximum Gasteiger partial charge on any atom is 0.177 e. The molecule has 1 aliphatic rings. The third-order valence-corrected chi connectivity index (χ3v) is 6.90. The number of fused-ring (bicyclic) bond motifs is 1. The fraction of sp³-hybridized carbons (Fsp3) is 0.320. The van der Waals surface area contributed by atoms with Crippen LogP contribution in [0.1, 0.15) is 24.5 Å². The van der Waals surface area contributed by atoms with Gasteiger partial charge in [-0.15, -0.1) is 0 Å². The molecular weight excluding hydrogens is 434 g/mol. The van der Waals surface area contributed by atoms with Gasteiger partial charge in [-0.1, -0.05) is 67.6 Å². The molecule has 0 saturated carbocycles. The van der Waals surface area contributed by atoms with Crippen LogP contribution in [0.2, 0.25) is 0 Å². The molecule has 1 saturated heterocycles. The molecule has 0 unspecified atom stereocenters. The molecule has 4 aromatic rings. The van der Waals surface area contributed by atoms with E-state index in [9.17, 15) is 15.3 Å². The zero-order valence-corrected chi connectivity index (χ0v) is 18.7. The molecule has 0 bridgehead atoms. The monoisotopic (exact) mass is 461 g/mol. The standard InChI is InChI=1S/C25H27N5O4/c1-24(16-8-4-2-5-9-16,17-10-6-3-7-11-17)13-25(21(33)20(32)18(12-31)34-25)30-15-29-19-22(26)27-14-28-23(19)30/h2-11,14-15,18,20-21,31-33H,12-13H2,1H3,(H2,26,27,28)/t18-,20-,21-,25-/m1/s1. The van der Waals surface area contributed by atoms with Crippen molar-refractivity contribution in [3.8, 4) is 0 Å². The molecule has 0 radical (unpaired) electrons. The number of aliphatic hydroxyl groups is 3. The van der Waals surface area contributed by atoms with Gasteiger partial charge < -0.3 is 25.8 Å². The molecule has 4 atom stereocenters. The van der Waals surface area contributed by atoms with Crippen LogP contribution in [0.3, 0.4) is 0 Å². The number of nitrogens with zero attached hydrogens (tertiary/aromatic N) is 4. The molecule has 5 rings (SSSR count). The molecular formula is C25H27N5O4. The molecule has 0 aliphatic carbocycles. The van der Waals surface area contributed by atoms with Crippen LogP contribution in [-0.4, -0.2) is 59.8 Å². The van der Waals surface area contributed by atoms with E-state index in [1.165, 1.54) is 12.7 Å². The molecule has 2 aromatic heterocycles. The minimum atomic E-state index is -1.51. The van der Waals surface area contributed by atoms with Crippen LogP contribution < -0.4 is 5.73 Å². The second-order valence-corrected chi connectivity index (χ2v) is 8.91. The van der Waals surface area contributed by atoms with Gasteiger partial charge in [-0.25, -0.2) is 15.0 Å². The van der Waals surface area contributed by atoms with E-state index in [2.05, 4.69) is 21.9 Å². The normalized spacial score (nSPS) is 25.1. The summed E-state index contributed by atoms with van der Waals surface area (Å²) in [5, 5.41) is 32.2. The largest absolute Gasteiger partial charge is 0.394 e. The van der Waals surface area contributed by atoms with Gasteiger partial charge >= 0.3 is 0 Å². The number of hydrogen-bond donors (Lipinski definition) is 4. The summed E-state index contributed by atoms with van der Waals surface area (Å²) in [7, 11) is 0. The molecule has 1 aliphatic heterocycles. The summed E-state index contributed by atoms with van der Waals surface area (Å²) in [5.74, 6) is 0.194. The van der Waals surface area contributed by atoms with Crippen molar-refractivity contribution < 1.29 is 20.1 Å². The first-order valence-electron chi connectivity index (χ1n) is 11.1. The van der Waals surface area contributed by atoms with Gasteiger partial charge in [-0.3, -0.25) is 4.57 Å². The average Bonchev–Trinajstić information content (AvgIpc) is 3.42. The van der Waals surface area contributed by atoms with Gasteiger partial charge in [0.15, 0.2) is 17.2 Å². The van der Waals surface area contributed by atoms with E-state index in [0.717, 1.165) is 11.1 Å². The van der Waals surface area contributed by atoms with Gasteiger partial charge in [-0.2, -0.15) is 0 Å². The van der Waals surface area contributed by atoms with Gasteiger partial charge in [0.25, 0.3) is 0 Å². The van der Waals surface area contributed by atoms with Crippen molar-refractivity contribution in [1.29, 1.82) is 0 Å². The van der Waals surface area contributed by atoms with Crippen molar-refractivity contribution >= 4 is 17.0 Å². The number of aliphatic hydroxyl groups excluding tert-OH is 3. The maximum absolute atomic E-state index is 11.5. The Bertz CT molecular complexity index is 1240. The molecule has 9 nitrogen and oxygen atoms in total. The zero-order valence-electron chi connectivity index (χ0n) is 18.7. The lowest BCUT2D eigenvalue weighted by molar-refractivity contribution is -0.157. The van der Waals surface area contributed by atoms with E-state index in [-0.39, 0.29) is 12.2 Å². The van der Waals surface area contributed by atoms with Crippen LogP contribution in [0.5, 0.6) is 0 Å². The first-order chi connectivity index (χ1) is 16.4. The maximum atomic E-state index is 11.5. The lowest BCUT2D eigenvalue weighted by Gasteiger charge is -2.42. The van der Waals surface area contributed by atoms with E-state index in [4.69, 9.17) is 10.5 Å². The third-order valence-electron chi connectivity index (χ3n) is 6.90. The van der Waals surface area contributed by atoms with Crippen LogP contribution in [0.4, 0.5) is 5.82 Å². The smallest absolute Gasteiger partial charge is 0.177 e. The Balaban J connectivity index is 1.75. The lowest BCUT2D eigenvalue weighted by Crippen LogP contribution is -2.50. The Kier molecular flexibility index (Phi) is 5.57. The van der Waals surface area contributed by atoms with Gasteiger partial charge in [0.05, 0.1) is 12.9 Å². The van der Waals surface area contributed by atoms with Crippen molar-refractivity contribution in [3.63, 3.8) is 0 Å². The summed E-state index contributed by atoms with van der Waals surface area (Å²) >= 11 is 0. The van der Waals surface area contributed by atoms with Crippen molar-refractivity contribution in [2.24, 2.45) is 0 Å². The molecule has 176 valence electrons. The molecule has 5 N–H and O–H groups in total. The highest BCUT2D eigenvalue weighted by molar-refractivity contribution is 5.81. The third kappa shape index (κ3) is 3.36. The Hall–Kier alpha value is -3.37. The summed E-state index contributed by atoms with van der Waals surface area (Å²) in [6, 6.07) is 19.8. The number of nitrogens with two attached hydrogens (primary N) is 1. The first kappa shape index (κ1) is 22.4. The van der Waals surface area contributed by atoms with Crippen LogP contribution >= 0.6 is 0 Å². The minimum Gasteiger partial charge on any atom is -0.394 e. The van der Waals surface area contributed by atoms with E-state index < -0.39 is 36.1 Å². The summed E-state index contributed by atoms with van der Waals surface area (Å²) in [4.78, 5) is 12.7. The Morgan fingerprint density at radius 3 is 2.18 bits per heavy atom. The summed E-state index contributed by atoms with van der Waals surface area (Å²) in [5.41, 5.74) is 6.56. The second-order valence-electron chi connectivity index (χ2n) is 8.91. The number of anilines is 1. The molecule has 0 amide bonds. The van der Waals surface area contributed by atoms with Gasteiger partial charge in [0, 0.05) is 11.8 Å². The number of aromatic nitrogens is 4. The molecule has 9 heteroatoms. The topological polar surface area (TPSA) is 140 Å². The minimum absolute atomic E-state index is 0.194. The van der Waals surface area contributed by atoms with Gasteiger partial charge in [0.2, 0.25) is 0 Å². The van der Waals surface area contributed by atoms with Crippen LogP contribution in [0.25, 0.3) is 11.2 Å². The molecule has 3 heterocycles. The van der Waals surface area contributed by atoms with E-state index in [1.54, 1.807) is 4.57 Å². The van der Waals surface area contributed by atoms with Crippen molar-refractivity contribution in [2.75, 3.05) is 12.3 Å². The lowest BCUT2D eigenvalue weighted by atomic mass is 9.70. The zero-order chi connectivity index (χ0) is 23.9. The summed E-state index contributed by atoms with van der Waals surface area (Å²) in [6.07, 6.45) is -0.692. The number of hydrogen-bond acceptors (Lipinski definition) is 8. The predicted octanol–water partition coefficient (Wildman–Crippen LogP) is 1.57. The van der Waals surface area contributed by atoms with E-state index >= 15 is 0 Å².